The Morgan fingerprint density at radius 1 is 1.22 bits per heavy atom. The van der Waals surface area contributed by atoms with E-state index in [1.807, 2.05) is 31.2 Å². The Labute approximate surface area is 143 Å². The Kier molecular flexibility index (Phi) is 5.26. The number of esters is 1. The Morgan fingerprint density at radius 3 is 2.39 bits per heavy atom. The van der Waals surface area contributed by atoms with E-state index in [2.05, 4.69) is 21.2 Å². The van der Waals surface area contributed by atoms with Crippen LogP contribution >= 0.6 is 15.9 Å². The number of anilines is 1. The second-order valence-corrected chi connectivity index (χ2v) is 6.09. The van der Waals surface area contributed by atoms with Crippen LogP contribution in [0.2, 0.25) is 0 Å². The molecule has 2 rings (SSSR count). The van der Waals surface area contributed by atoms with Crippen LogP contribution < -0.4 is 5.32 Å². The number of aromatic nitrogens is 1. The minimum absolute atomic E-state index is 0.242. The third kappa shape index (κ3) is 3.47. The molecular weight excluding hydrogens is 360 g/mol. The van der Waals surface area contributed by atoms with Gasteiger partial charge < -0.3 is 14.6 Å². The van der Waals surface area contributed by atoms with Crippen LogP contribution in [-0.4, -0.2) is 23.1 Å². The van der Waals surface area contributed by atoms with Crippen LogP contribution in [0.25, 0.3) is 0 Å². The molecule has 1 aromatic heterocycles. The Morgan fingerprint density at radius 2 is 1.83 bits per heavy atom. The molecule has 0 saturated heterocycles. The largest absolute Gasteiger partial charge is 0.461 e. The van der Waals surface area contributed by atoms with Crippen molar-refractivity contribution in [1.82, 2.24) is 4.57 Å². The van der Waals surface area contributed by atoms with E-state index in [4.69, 9.17) is 4.74 Å². The van der Waals surface area contributed by atoms with E-state index in [0.29, 0.717) is 29.1 Å². The molecule has 2 aromatic rings. The number of ether oxygens (including phenoxy) is 1. The minimum atomic E-state index is -0.418. The molecule has 6 heteroatoms. The standard InChI is InChI=1S/C17H19BrN2O3/c1-5-23-17(22)15-10(2)14(11(3)20(15)4)16(21)19-13-8-6-12(18)7-9-13/h6-9H,5H2,1-4H3,(H,19,21). The van der Waals surface area contributed by atoms with Gasteiger partial charge in [-0.25, -0.2) is 4.79 Å². The van der Waals surface area contributed by atoms with Crippen molar-refractivity contribution in [1.29, 1.82) is 0 Å². The number of amides is 1. The van der Waals surface area contributed by atoms with Crippen molar-refractivity contribution >= 4 is 33.5 Å². The summed E-state index contributed by atoms with van der Waals surface area (Å²) in [6.07, 6.45) is 0. The van der Waals surface area contributed by atoms with Crippen molar-refractivity contribution < 1.29 is 14.3 Å². The van der Waals surface area contributed by atoms with E-state index in [0.717, 1.165) is 10.2 Å². The first-order chi connectivity index (χ1) is 10.9. The summed E-state index contributed by atoms with van der Waals surface area (Å²) in [6.45, 7) is 5.62. The lowest BCUT2D eigenvalue weighted by Crippen LogP contribution is -2.14. The van der Waals surface area contributed by atoms with E-state index >= 15 is 0 Å². The van der Waals surface area contributed by atoms with Crippen LogP contribution in [0, 0.1) is 13.8 Å². The van der Waals surface area contributed by atoms with E-state index < -0.39 is 5.97 Å². The highest BCUT2D eigenvalue weighted by Crippen LogP contribution is 2.23. The molecule has 1 heterocycles. The Bertz CT molecular complexity index is 748. The first kappa shape index (κ1) is 17.3. The number of nitrogens with zero attached hydrogens (tertiary/aromatic N) is 1. The van der Waals surface area contributed by atoms with Gasteiger partial charge in [0.1, 0.15) is 5.69 Å². The van der Waals surface area contributed by atoms with Gasteiger partial charge >= 0.3 is 5.97 Å². The number of carbonyl (C=O) groups excluding carboxylic acids is 2. The third-order valence-corrected chi connectivity index (χ3v) is 4.26. The molecule has 1 amide bonds. The van der Waals surface area contributed by atoms with Crippen LogP contribution in [-0.2, 0) is 11.8 Å². The maximum absolute atomic E-state index is 12.6. The Hall–Kier alpha value is -2.08. The fourth-order valence-corrected chi connectivity index (χ4v) is 2.79. The molecule has 0 saturated carbocycles. The summed E-state index contributed by atoms with van der Waals surface area (Å²) in [7, 11) is 1.75. The molecule has 5 nitrogen and oxygen atoms in total. The maximum atomic E-state index is 12.6. The SMILES string of the molecule is CCOC(=O)c1c(C)c(C(=O)Nc2ccc(Br)cc2)c(C)n1C. The van der Waals surface area contributed by atoms with E-state index in [9.17, 15) is 9.59 Å². The van der Waals surface area contributed by atoms with Crippen molar-refractivity contribution in [3.05, 3.63) is 51.3 Å². The fourth-order valence-electron chi connectivity index (χ4n) is 2.53. The van der Waals surface area contributed by atoms with E-state index in [-0.39, 0.29) is 5.91 Å². The molecule has 0 aliphatic heterocycles. The molecule has 23 heavy (non-hydrogen) atoms. The second-order valence-electron chi connectivity index (χ2n) is 5.17. The number of nitrogens with one attached hydrogen (secondary N) is 1. The van der Waals surface area contributed by atoms with Gasteiger partial charge in [-0.3, -0.25) is 4.79 Å². The number of halogens is 1. The summed E-state index contributed by atoms with van der Waals surface area (Å²) in [4.78, 5) is 24.7. The number of rotatable bonds is 4. The monoisotopic (exact) mass is 378 g/mol. The predicted molar refractivity (Wildman–Crippen MR) is 92.9 cm³/mol. The van der Waals surface area contributed by atoms with Crippen molar-refractivity contribution in [2.75, 3.05) is 11.9 Å². The van der Waals surface area contributed by atoms with Gasteiger partial charge in [-0.1, -0.05) is 15.9 Å². The number of benzene rings is 1. The van der Waals surface area contributed by atoms with Crippen LogP contribution in [0.4, 0.5) is 5.69 Å². The maximum Gasteiger partial charge on any atom is 0.355 e. The molecule has 122 valence electrons. The summed E-state index contributed by atoms with van der Waals surface area (Å²) in [5.74, 6) is -0.660. The van der Waals surface area contributed by atoms with Crippen LogP contribution in [0.15, 0.2) is 28.7 Å². The zero-order valence-electron chi connectivity index (χ0n) is 13.6. The summed E-state index contributed by atoms with van der Waals surface area (Å²) in [5, 5.41) is 2.85. The minimum Gasteiger partial charge on any atom is -0.461 e. The fraction of sp³-hybridized carbons (Fsp3) is 0.294. The molecule has 0 spiro atoms. The lowest BCUT2D eigenvalue weighted by molar-refractivity contribution is 0.0514. The first-order valence-corrected chi connectivity index (χ1v) is 8.06. The highest BCUT2D eigenvalue weighted by molar-refractivity contribution is 9.10. The van der Waals surface area contributed by atoms with Gasteiger partial charge in [0.15, 0.2) is 0 Å². The number of carbonyl (C=O) groups is 2. The number of hydrogen-bond donors (Lipinski definition) is 1. The first-order valence-electron chi connectivity index (χ1n) is 7.26. The molecule has 0 radical (unpaired) electrons. The highest BCUT2D eigenvalue weighted by atomic mass is 79.9. The number of hydrogen-bond acceptors (Lipinski definition) is 3. The van der Waals surface area contributed by atoms with Gasteiger partial charge in [0.05, 0.1) is 12.2 Å². The molecule has 0 aliphatic rings. The lowest BCUT2D eigenvalue weighted by atomic mass is 10.1. The van der Waals surface area contributed by atoms with Crippen LogP contribution in [0.3, 0.4) is 0 Å². The van der Waals surface area contributed by atoms with Gasteiger partial charge in [-0.2, -0.15) is 0 Å². The molecule has 0 fully saturated rings. The van der Waals surface area contributed by atoms with Gasteiger partial charge in [0, 0.05) is 22.9 Å². The molecular formula is C17H19BrN2O3. The predicted octanol–water partition coefficient (Wildman–Crippen LogP) is 3.83. The second kappa shape index (κ2) is 7.00. The molecule has 0 aliphatic carbocycles. The van der Waals surface area contributed by atoms with Crippen molar-refractivity contribution in [2.24, 2.45) is 7.05 Å². The highest BCUT2D eigenvalue weighted by Gasteiger charge is 2.25. The zero-order valence-corrected chi connectivity index (χ0v) is 15.2. The summed E-state index contributed by atoms with van der Waals surface area (Å²) in [6, 6.07) is 7.32. The molecule has 0 unspecified atom stereocenters. The molecule has 1 aromatic carbocycles. The van der Waals surface area contributed by atoms with Crippen LogP contribution in [0.5, 0.6) is 0 Å². The molecule has 0 bridgehead atoms. The Balaban J connectivity index is 2.35. The van der Waals surface area contributed by atoms with Crippen LogP contribution in [0.1, 0.15) is 39.0 Å². The van der Waals surface area contributed by atoms with Gasteiger partial charge in [-0.05, 0) is 50.6 Å². The molecule has 1 N–H and O–H groups in total. The van der Waals surface area contributed by atoms with E-state index in [1.165, 1.54) is 0 Å². The zero-order chi connectivity index (χ0) is 17.1. The topological polar surface area (TPSA) is 60.3 Å². The van der Waals surface area contributed by atoms with Crippen molar-refractivity contribution in [2.45, 2.75) is 20.8 Å². The van der Waals surface area contributed by atoms with Crippen molar-refractivity contribution in [3.8, 4) is 0 Å². The summed E-state index contributed by atoms with van der Waals surface area (Å²) >= 11 is 3.36. The average Bonchev–Trinajstić information content (AvgIpc) is 2.72. The van der Waals surface area contributed by atoms with Gasteiger partial charge in [0.2, 0.25) is 0 Å². The third-order valence-electron chi connectivity index (χ3n) is 3.73. The van der Waals surface area contributed by atoms with Gasteiger partial charge in [0.25, 0.3) is 5.91 Å². The normalized spacial score (nSPS) is 10.5. The average molecular weight is 379 g/mol. The quantitative estimate of drug-likeness (QED) is 0.822. The summed E-state index contributed by atoms with van der Waals surface area (Å²) in [5.41, 5.74) is 2.94. The van der Waals surface area contributed by atoms with Gasteiger partial charge in [-0.15, -0.1) is 0 Å². The van der Waals surface area contributed by atoms with E-state index in [1.54, 1.807) is 25.5 Å². The smallest absolute Gasteiger partial charge is 0.355 e. The summed E-state index contributed by atoms with van der Waals surface area (Å²) < 4.78 is 7.71. The van der Waals surface area contributed by atoms with Crippen molar-refractivity contribution in [3.63, 3.8) is 0 Å². The lowest BCUT2D eigenvalue weighted by Gasteiger charge is -2.06. The molecule has 0 atom stereocenters.